The third kappa shape index (κ3) is 4.91. The van der Waals surface area contributed by atoms with Gasteiger partial charge in [-0.25, -0.2) is 4.98 Å². The van der Waals surface area contributed by atoms with E-state index in [1.54, 1.807) is 23.2 Å². The van der Waals surface area contributed by atoms with Gasteiger partial charge in [-0.1, -0.05) is 30.4 Å². The smallest absolute Gasteiger partial charge is 0.293 e. The van der Waals surface area contributed by atoms with E-state index in [0.717, 1.165) is 16.6 Å². The molecule has 0 atom stereocenters. The van der Waals surface area contributed by atoms with Crippen molar-refractivity contribution in [2.45, 2.75) is 19.9 Å². The molecule has 0 spiro atoms. The van der Waals surface area contributed by atoms with Crippen LogP contribution in [0, 0.1) is 10.1 Å². The summed E-state index contributed by atoms with van der Waals surface area (Å²) < 4.78 is 6.36. The Morgan fingerprint density at radius 1 is 1.17 bits per heavy atom. The summed E-state index contributed by atoms with van der Waals surface area (Å²) in [4.78, 5) is 37.9. The Balaban J connectivity index is 1.54. The van der Waals surface area contributed by atoms with E-state index in [2.05, 4.69) is 18.0 Å². The second-order valence-corrected chi connectivity index (χ2v) is 9.43. The summed E-state index contributed by atoms with van der Waals surface area (Å²) >= 11 is 1.42. The predicted octanol–water partition coefficient (Wildman–Crippen LogP) is 4.85. The number of hydrogen-bond acceptors (Lipinski definition) is 8. The third-order valence-electron chi connectivity index (χ3n) is 6.14. The molecule has 1 fully saturated rings. The average Bonchev–Trinajstić information content (AvgIpc) is 3.35. The molecule has 10 heteroatoms. The summed E-state index contributed by atoms with van der Waals surface area (Å²) in [6, 6.07) is 16.3. The van der Waals surface area contributed by atoms with E-state index in [9.17, 15) is 14.9 Å². The first kappa shape index (κ1) is 23.8. The lowest BCUT2D eigenvalue weighted by Gasteiger charge is -2.28. The average molecular weight is 504 g/mol. The van der Waals surface area contributed by atoms with Crippen LogP contribution in [0.2, 0.25) is 0 Å². The molecule has 2 aromatic carbocycles. The number of aromatic nitrogens is 2. The number of rotatable bonds is 7. The summed E-state index contributed by atoms with van der Waals surface area (Å²) in [5, 5.41) is 12.5. The van der Waals surface area contributed by atoms with Gasteiger partial charge < -0.3 is 9.64 Å². The molecule has 0 N–H and O–H groups in total. The van der Waals surface area contributed by atoms with Crippen LogP contribution in [0.3, 0.4) is 0 Å². The number of anilines is 2. The fourth-order valence-corrected chi connectivity index (χ4v) is 5.23. The van der Waals surface area contributed by atoms with Gasteiger partial charge in [0, 0.05) is 30.9 Å². The van der Waals surface area contributed by atoms with Crippen LogP contribution < -0.4 is 9.80 Å². The van der Waals surface area contributed by atoms with Crippen LogP contribution in [0.1, 0.15) is 28.5 Å². The third-order valence-corrected chi connectivity index (χ3v) is 7.18. The molecule has 1 aliphatic rings. The van der Waals surface area contributed by atoms with E-state index < -0.39 is 4.92 Å². The van der Waals surface area contributed by atoms with E-state index in [1.807, 2.05) is 35.2 Å². The highest BCUT2D eigenvalue weighted by Crippen LogP contribution is 2.34. The molecule has 5 rings (SSSR count). The number of fused-ring (bicyclic) bond motifs is 1. The molecule has 1 amide bonds. The molecule has 9 nitrogen and oxygen atoms in total. The normalized spacial score (nSPS) is 13.6. The molecule has 0 bridgehead atoms. The molecule has 0 radical (unpaired) electrons. The Kier molecular flexibility index (Phi) is 6.88. The molecule has 184 valence electrons. The van der Waals surface area contributed by atoms with Crippen LogP contribution in [-0.4, -0.2) is 47.1 Å². The molecule has 2 aromatic heterocycles. The summed E-state index contributed by atoms with van der Waals surface area (Å²) in [6.07, 6.45) is 2.57. The van der Waals surface area contributed by atoms with Crippen molar-refractivity contribution in [1.82, 2.24) is 9.97 Å². The van der Waals surface area contributed by atoms with Gasteiger partial charge in [0.15, 0.2) is 5.13 Å². The zero-order valence-corrected chi connectivity index (χ0v) is 20.6. The number of nitro benzene ring substituents is 1. The number of benzene rings is 2. The highest BCUT2D eigenvalue weighted by atomic mass is 32.1. The van der Waals surface area contributed by atoms with Crippen LogP contribution in [0.15, 0.2) is 60.8 Å². The van der Waals surface area contributed by atoms with Crippen molar-refractivity contribution in [3.05, 3.63) is 87.7 Å². The first-order chi connectivity index (χ1) is 17.5. The van der Waals surface area contributed by atoms with Gasteiger partial charge in [0.2, 0.25) is 0 Å². The largest absolute Gasteiger partial charge is 0.378 e. The maximum atomic E-state index is 13.8. The number of amides is 1. The molecule has 0 unspecified atom stereocenters. The quantitative estimate of drug-likeness (QED) is 0.263. The Morgan fingerprint density at radius 3 is 2.72 bits per heavy atom. The summed E-state index contributed by atoms with van der Waals surface area (Å²) in [6.45, 7) is 4.42. The Bertz CT molecular complexity index is 1400. The van der Waals surface area contributed by atoms with E-state index in [0.29, 0.717) is 42.8 Å². The van der Waals surface area contributed by atoms with Crippen molar-refractivity contribution in [3.8, 4) is 0 Å². The zero-order valence-electron chi connectivity index (χ0n) is 19.8. The predicted molar refractivity (Wildman–Crippen MR) is 140 cm³/mol. The summed E-state index contributed by atoms with van der Waals surface area (Å²) in [7, 11) is 0. The zero-order chi connectivity index (χ0) is 25.1. The lowest BCUT2D eigenvalue weighted by atomic mass is 10.1. The number of carbonyl (C=O) groups is 1. The van der Waals surface area contributed by atoms with Crippen LogP contribution in [-0.2, 0) is 17.7 Å². The first-order valence-electron chi connectivity index (χ1n) is 11.8. The van der Waals surface area contributed by atoms with Crippen molar-refractivity contribution in [2.24, 2.45) is 0 Å². The standard InChI is InChI=1S/C26H25N5O4S/c1-2-18-6-8-21-24(15-18)36-26(28-21)30(17-20-5-3-4-10-27-20)25(32)19-7-9-22(23(16-19)31(33)34)29-11-13-35-14-12-29/h3-10,15-16H,2,11-14,17H2,1H3. The van der Waals surface area contributed by atoms with Crippen LogP contribution in [0.5, 0.6) is 0 Å². The van der Waals surface area contributed by atoms with E-state index >= 15 is 0 Å². The van der Waals surface area contributed by atoms with E-state index in [1.165, 1.54) is 23.0 Å². The first-order valence-corrected chi connectivity index (χ1v) is 12.6. The number of hydrogen-bond donors (Lipinski definition) is 0. The van der Waals surface area contributed by atoms with Crippen molar-refractivity contribution in [3.63, 3.8) is 0 Å². The Hall–Kier alpha value is -3.89. The number of pyridine rings is 1. The number of morpholine rings is 1. The van der Waals surface area contributed by atoms with Gasteiger partial charge in [-0.15, -0.1) is 0 Å². The van der Waals surface area contributed by atoms with Crippen LogP contribution in [0.25, 0.3) is 10.2 Å². The Labute approximate surface area is 212 Å². The maximum Gasteiger partial charge on any atom is 0.293 e. The van der Waals surface area contributed by atoms with Gasteiger partial charge in [0.05, 0.1) is 40.6 Å². The highest BCUT2D eigenvalue weighted by Gasteiger charge is 2.27. The van der Waals surface area contributed by atoms with Gasteiger partial charge in [-0.05, 0) is 48.4 Å². The minimum Gasteiger partial charge on any atom is -0.378 e. The number of aryl methyl sites for hydroxylation is 1. The molecule has 1 saturated heterocycles. The van der Waals surface area contributed by atoms with Crippen LogP contribution >= 0.6 is 11.3 Å². The molecular weight excluding hydrogens is 478 g/mol. The van der Waals surface area contributed by atoms with Gasteiger partial charge in [-0.3, -0.25) is 24.8 Å². The second kappa shape index (κ2) is 10.4. The van der Waals surface area contributed by atoms with Crippen molar-refractivity contribution < 1.29 is 14.5 Å². The minimum absolute atomic E-state index is 0.0996. The fraction of sp³-hybridized carbons (Fsp3) is 0.269. The van der Waals surface area contributed by atoms with Gasteiger partial charge in [-0.2, -0.15) is 0 Å². The molecule has 36 heavy (non-hydrogen) atoms. The van der Waals surface area contributed by atoms with Crippen molar-refractivity contribution >= 4 is 44.0 Å². The minimum atomic E-state index is -0.436. The molecule has 0 aliphatic carbocycles. The topological polar surface area (TPSA) is 102 Å². The van der Waals surface area contributed by atoms with E-state index in [-0.39, 0.29) is 23.7 Å². The monoisotopic (exact) mass is 503 g/mol. The Morgan fingerprint density at radius 2 is 2.00 bits per heavy atom. The molecule has 0 saturated carbocycles. The fourth-order valence-electron chi connectivity index (χ4n) is 4.20. The van der Waals surface area contributed by atoms with E-state index in [4.69, 9.17) is 9.72 Å². The summed E-state index contributed by atoms with van der Waals surface area (Å²) in [5.41, 5.74) is 3.30. The highest BCUT2D eigenvalue weighted by molar-refractivity contribution is 7.22. The summed E-state index contributed by atoms with van der Waals surface area (Å²) in [5.74, 6) is -0.368. The number of nitrogens with zero attached hydrogens (tertiary/aromatic N) is 5. The lowest BCUT2D eigenvalue weighted by molar-refractivity contribution is -0.384. The maximum absolute atomic E-state index is 13.8. The van der Waals surface area contributed by atoms with Gasteiger partial charge in [0.25, 0.3) is 11.6 Å². The number of nitro groups is 1. The number of thiazole rings is 1. The molecule has 3 heterocycles. The molecular formula is C26H25N5O4S. The van der Waals surface area contributed by atoms with Gasteiger partial charge in [0.1, 0.15) is 5.69 Å². The van der Waals surface area contributed by atoms with Gasteiger partial charge >= 0.3 is 0 Å². The molecule has 4 aromatic rings. The lowest BCUT2D eigenvalue weighted by Crippen LogP contribution is -2.36. The number of carbonyl (C=O) groups excluding carboxylic acids is 1. The number of ether oxygens (including phenoxy) is 1. The van der Waals surface area contributed by atoms with Crippen molar-refractivity contribution in [1.29, 1.82) is 0 Å². The molecule has 1 aliphatic heterocycles. The van der Waals surface area contributed by atoms with Crippen molar-refractivity contribution in [2.75, 3.05) is 36.1 Å². The SMILES string of the molecule is CCc1ccc2nc(N(Cc3ccccn3)C(=O)c3ccc(N4CCOCC4)c([N+](=O)[O-])c3)sc2c1. The second-order valence-electron chi connectivity index (χ2n) is 8.42. The van der Waals surface area contributed by atoms with Crippen LogP contribution in [0.4, 0.5) is 16.5 Å².